The number of aryl methyl sites for hydroxylation is 2. The van der Waals surface area contributed by atoms with Gasteiger partial charge in [0.25, 0.3) is 5.91 Å². The van der Waals surface area contributed by atoms with E-state index < -0.39 is 11.9 Å². The fourth-order valence-corrected chi connectivity index (χ4v) is 5.96. The first kappa shape index (κ1) is 27.0. The summed E-state index contributed by atoms with van der Waals surface area (Å²) in [7, 11) is 1.87. The molecule has 0 saturated carbocycles. The number of fused-ring (bicyclic) bond motifs is 1. The van der Waals surface area contributed by atoms with E-state index >= 15 is 0 Å². The van der Waals surface area contributed by atoms with Gasteiger partial charge in [0.1, 0.15) is 12.2 Å². The molecule has 10 heteroatoms. The Labute approximate surface area is 226 Å². The molecule has 2 unspecified atom stereocenters. The average Bonchev–Trinajstić information content (AvgIpc) is 3.32. The van der Waals surface area contributed by atoms with Crippen molar-refractivity contribution in [1.82, 2.24) is 24.9 Å². The van der Waals surface area contributed by atoms with Crippen molar-refractivity contribution >= 4 is 11.8 Å². The van der Waals surface area contributed by atoms with Gasteiger partial charge < -0.3 is 15.1 Å². The topological polar surface area (TPSA) is 70.5 Å². The van der Waals surface area contributed by atoms with E-state index in [1.807, 2.05) is 36.2 Å². The Balaban J connectivity index is 1.15. The molecule has 1 fully saturated rings. The SMILES string of the molecule is Cc1cc(C(F)(F)F)nn1CC(=O)N1CCC(C2C=CC=C(C(=O)N(C)C3CCCc4ccccc43)N2)CC1. The molecule has 1 aliphatic carbocycles. The van der Waals surface area contributed by atoms with Crippen LogP contribution >= 0.6 is 0 Å². The first-order chi connectivity index (χ1) is 18.6. The van der Waals surface area contributed by atoms with Gasteiger partial charge in [0.2, 0.25) is 5.91 Å². The predicted octanol–water partition coefficient (Wildman–Crippen LogP) is 4.40. The standard InChI is InChI=1S/C29H34F3N5O2/c1-19-17-26(29(30,31)32)34-37(19)18-27(38)36-15-13-21(14-16-36)23-10-6-11-24(33-23)28(39)35(2)25-12-5-8-20-7-3-4-9-22(20)25/h3-4,6-7,9-11,17,21,23,25,33H,5,8,12-16,18H2,1-2H3. The highest BCUT2D eigenvalue weighted by molar-refractivity contribution is 5.93. The second-order valence-corrected chi connectivity index (χ2v) is 10.7. The molecule has 0 bridgehead atoms. The number of aromatic nitrogens is 2. The minimum atomic E-state index is -4.54. The second-order valence-electron chi connectivity index (χ2n) is 10.7. The number of likely N-dealkylation sites (N-methyl/N-ethyl adjacent to an activating group) is 1. The molecule has 1 N–H and O–H groups in total. The number of carbonyl (C=O) groups excluding carboxylic acids is 2. The summed E-state index contributed by atoms with van der Waals surface area (Å²) in [5.74, 6) is -0.0528. The number of carbonyl (C=O) groups is 2. The number of hydrogen-bond acceptors (Lipinski definition) is 4. The Morgan fingerprint density at radius 1 is 1.15 bits per heavy atom. The van der Waals surface area contributed by atoms with E-state index in [4.69, 9.17) is 0 Å². The third kappa shape index (κ3) is 5.74. The summed E-state index contributed by atoms with van der Waals surface area (Å²) in [6.07, 6.45) is 5.75. The Morgan fingerprint density at radius 3 is 2.62 bits per heavy atom. The minimum absolute atomic E-state index is 0.0269. The fourth-order valence-electron chi connectivity index (χ4n) is 5.96. The van der Waals surface area contributed by atoms with Crippen LogP contribution in [0.2, 0.25) is 0 Å². The van der Waals surface area contributed by atoms with Crippen molar-refractivity contribution < 1.29 is 22.8 Å². The summed E-state index contributed by atoms with van der Waals surface area (Å²) in [6.45, 7) is 2.31. The van der Waals surface area contributed by atoms with Crippen LogP contribution in [-0.4, -0.2) is 57.6 Å². The van der Waals surface area contributed by atoms with Gasteiger partial charge in [0.05, 0.1) is 6.04 Å². The van der Waals surface area contributed by atoms with Crippen molar-refractivity contribution in [2.24, 2.45) is 5.92 Å². The average molecular weight is 542 g/mol. The van der Waals surface area contributed by atoms with E-state index in [0.717, 1.165) is 42.9 Å². The molecule has 39 heavy (non-hydrogen) atoms. The van der Waals surface area contributed by atoms with Crippen molar-refractivity contribution in [2.45, 2.75) is 63.8 Å². The Morgan fingerprint density at radius 2 is 1.90 bits per heavy atom. The lowest BCUT2D eigenvalue weighted by Crippen LogP contribution is -2.47. The maximum absolute atomic E-state index is 13.5. The van der Waals surface area contributed by atoms with Crippen LogP contribution in [0.5, 0.6) is 0 Å². The quantitative estimate of drug-likeness (QED) is 0.610. The number of nitrogens with one attached hydrogen (secondary N) is 1. The molecule has 5 rings (SSSR count). The maximum atomic E-state index is 13.5. The third-order valence-electron chi connectivity index (χ3n) is 8.22. The van der Waals surface area contributed by atoms with Gasteiger partial charge in [0, 0.05) is 31.9 Å². The molecule has 208 valence electrons. The lowest BCUT2D eigenvalue weighted by molar-refractivity contribution is -0.142. The molecular weight excluding hydrogens is 507 g/mol. The monoisotopic (exact) mass is 541 g/mol. The molecule has 1 saturated heterocycles. The number of alkyl halides is 3. The lowest BCUT2D eigenvalue weighted by atomic mass is 9.86. The number of hydrogen-bond donors (Lipinski definition) is 1. The van der Waals surface area contributed by atoms with Crippen LogP contribution < -0.4 is 5.32 Å². The largest absolute Gasteiger partial charge is 0.435 e. The zero-order chi connectivity index (χ0) is 27.7. The van der Waals surface area contributed by atoms with Gasteiger partial charge in [-0.2, -0.15) is 18.3 Å². The number of halogens is 3. The van der Waals surface area contributed by atoms with Gasteiger partial charge in [-0.1, -0.05) is 36.4 Å². The van der Waals surface area contributed by atoms with Crippen molar-refractivity contribution in [3.05, 3.63) is 76.8 Å². The van der Waals surface area contributed by atoms with Crippen molar-refractivity contribution in [3.63, 3.8) is 0 Å². The lowest BCUT2D eigenvalue weighted by Gasteiger charge is -2.38. The smallest absolute Gasteiger partial charge is 0.374 e. The van der Waals surface area contributed by atoms with Gasteiger partial charge in [-0.25, -0.2) is 0 Å². The highest BCUT2D eigenvalue weighted by atomic mass is 19.4. The van der Waals surface area contributed by atoms with E-state index in [1.54, 1.807) is 4.90 Å². The Hall–Kier alpha value is -3.56. The van der Waals surface area contributed by atoms with Gasteiger partial charge in [-0.3, -0.25) is 14.3 Å². The highest BCUT2D eigenvalue weighted by Gasteiger charge is 2.35. The summed E-state index contributed by atoms with van der Waals surface area (Å²) in [4.78, 5) is 29.8. The summed E-state index contributed by atoms with van der Waals surface area (Å²) >= 11 is 0. The van der Waals surface area contributed by atoms with Gasteiger partial charge in [0.15, 0.2) is 5.69 Å². The van der Waals surface area contributed by atoms with Crippen LogP contribution in [0.15, 0.2) is 54.3 Å². The summed E-state index contributed by atoms with van der Waals surface area (Å²) in [5, 5.41) is 7.01. The molecule has 2 atom stereocenters. The van der Waals surface area contributed by atoms with E-state index in [0.29, 0.717) is 24.5 Å². The van der Waals surface area contributed by atoms with E-state index in [2.05, 4.69) is 28.6 Å². The Kier molecular flexibility index (Phi) is 7.55. The molecule has 1 aromatic heterocycles. The number of benzene rings is 1. The molecule has 0 spiro atoms. The molecule has 1 aromatic carbocycles. The van der Waals surface area contributed by atoms with Gasteiger partial charge >= 0.3 is 6.18 Å². The van der Waals surface area contributed by atoms with E-state index in [1.165, 1.54) is 18.1 Å². The molecule has 2 aliphatic heterocycles. The number of nitrogens with zero attached hydrogens (tertiary/aromatic N) is 4. The normalized spacial score (nSPS) is 21.7. The first-order valence-corrected chi connectivity index (χ1v) is 13.5. The summed E-state index contributed by atoms with van der Waals surface area (Å²) in [6, 6.07) is 9.31. The van der Waals surface area contributed by atoms with Gasteiger partial charge in [-0.05, 0) is 68.2 Å². The predicted molar refractivity (Wildman–Crippen MR) is 140 cm³/mol. The Bertz CT molecular complexity index is 1290. The molecular formula is C29H34F3N5O2. The third-order valence-corrected chi connectivity index (χ3v) is 8.22. The van der Waals surface area contributed by atoms with Crippen molar-refractivity contribution in [3.8, 4) is 0 Å². The molecule has 2 amide bonds. The maximum Gasteiger partial charge on any atom is 0.435 e. The molecule has 3 heterocycles. The number of rotatable bonds is 5. The number of amides is 2. The van der Waals surface area contributed by atoms with E-state index in [9.17, 15) is 22.8 Å². The summed E-state index contributed by atoms with van der Waals surface area (Å²) in [5.41, 5.74) is 2.41. The first-order valence-electron chi connectivity index (χ1n) is 13.5. The number of likely N-dealkylation sites (tertiary alicyclic amines) is 1. The van der Waals surface area contributed by atoms with E-state index in [-0.39, 0.29) is 36.4 Å². The fraction of sp³-hybridized carbons (Fsp3) is 0.483. The van der Waals surface area contributed by atoms with Crippen LogP contribution in [0.4, 0.5) is 13.2 Å². The van der Waals surface area contributed by atoms with Crippen LogP contribution in [0.3, 0.4) is 0 Å². The van der Waals surface area contributed by atoms with Crippen molar-refractivity contribution in [1.29, 1.82) is 0 Å². The van der Waals surface area contributed by atoms with Crippen LogP contribution in [-0.2, 0) is 28.7 Å². The molecule has 3 aliphatic rings. The second kappa shape index (κ2) is 10.9. The van der Waals surface area contributed by atoms with Crippen LogP contribution in [0.1, 0.15) is 54.2 Å². The number of dihydropyridines is 1. The molecule has 0 radical (unpaired) electrons. The van der Waals surface area contributed by atoms with Crippen LogP contribution in [0.25, 0.3) is 0 Å². The van der Waals surface area contributed by atoms with Crippen LogP contribution in [0, 0.1) is 12.8 Å². The van der Waals surface area contributed by atoms with Gasteiger partial charge in [-0.15, -0.1) is 0 Å². The molecule has 7 nitrogen and oxygen atoms in total. The number of allylic oxidation sites excluding steroid dienone is 2. The zero-order valence-electron chi connectivity index (χ0n) is 22.2. The highest BCUT2D eigenvalue weighted by Crippen LogP contribution is 2.34. The molecule has 2 aromatic rings. The summed E-state index contributed by atoms with van der Waals surface area (Å²) < 4.78 is 40.0. The zero-order valence-corrected chi connectivity index (χ0v) is 22.2. The van der Waals surface area contributed by atoms with Crippen molar-refractivity contribution in [2.75, 3.05) is 20.1 Å². The number of piperidine rings is 1. The minimum Gasteiger partial charge on any atom is -0.374 e.